The van der Waals surface area contributed by atoms with Crippen molar-refractivity contribution >= 4 is 12.0 Å². The van der Waals surface area contributed by atoms with E-state index in [-0.39, 0.29) is 12.3 Å². The number of aromatic hydroxyl groups is 1. The van der Waals surface area contributed by atoms with Crippen molar-refractivity contribution in [2.75, 3.05) is 11.9 Å². The van der Waals surface area contributed by atoms with Crippen molar-refractivity contribution in [3.63, 3.8) is 0 Å². The number of hydrogen-bond acceptors (Lipinski definition) is 3. The molecule has 0 unspecified atom stereocenters. The lowest BCUT2D eigenvalue weighted by Gasteiger charge is -2.02. The Kier molecular flexibility index (Phi) is 2.49. The van der Waals surface area contributed by atoms with Gasteiger partial charge in [0.05, 0.1) is 12.2 Å². The predicted molar refractivity (Wildman–Crippen MR) is 42.3 cm³/mol. The molecule has 0 saturated carbocycles. The van der Waals surface area contributed by atoms with E-state index in [2.05, 4.69) is 5.32 Å². The van der Waals surface area contributed by atoms with Crippen LogP contribution in [0.2, 0.25) is 0 Å². The lowest BCUT2D eigenvalue weighted by molar-refractivity contribution is 0.477. The third kappa shape index (κ3) is 1.97. The lowest BCUT2D eigenvalue weighted by Crippen LogP contribution is -2.01. The zero-order valence-electron chi connectivity index (χ0n) is 5.87. The first-order valence-electron chi connectivity index (χ1n) is 3.21. The van der Waals surface area contributed by atoms with Crippen LogP contribution >= 0.6 is 0 Å². The largest absolute Gasteiger partial charge is 0.506 e. The molecule has 0 saturated heterocycles. The van der Waals surface area contributed by atoms with Gasteiger partial charge in [0.15, 0.2) is 0 Å². The van der Waals surface area contributed by atoms with E-state index in [4.69, 9.17) is 5.11 Å². The van der Waals surface area contributed by atoms with Gasteiger partial charge in [0.2, 0.25) is 6.29 Å². The van der Waals surface area contributed by atoms with Crippen molar-refractivity contribution in [2.45, 2.75) is 0 Å². The molecule has 0 spiro atoms. The van der Waals surface area contributed by atoms with E-state index in [9.17, 15) is 4.79 Å². The van der Waals surface area contributed by atoms with E-state index in [1.54, 1.807) is 30.6 Å². The minimum Gasteiger partial charge on any atom is -0.506 e. The molecule has 0 aliphatic carbocycles. The molecule has 1 radical (unpaired) electrons. The summed E-state index contributed by atoms with van der Waals surface area (Å²) in [5.41, 5.74) is 0.552. The number of benzene rings is 1. The first-order valence-corrected chi connectivity index (χ1v) is 3.21. The first kappa shape index (κ1) is 7.60. The van der Waals surface area contributed by atoms with E-state index in [1.807, 2.05) is 0 Å². The second kappa shape index (κ2) is 3.61. The van der Waals surface area contributed by atoms with E-state index in [0.717, 1.165) is 0 Å². The number of para-hydroxylation sites is 2. The number of anilines is 1. The van der Waals surface area contributed by atoms with Gasteiger partial charge in [-0.15, -0.1) is 0 Å². The third-order valence-electron chi connectivity index (χ3n) is 1.26. The van der Waals surface area contributed by atoms with E-state index < -0.39 is 0 Å². The highest BCUT2D eigenvalue weighted by atomic mass is 16.3. The summed E-state index contributed by atoms with van der Waals surface area (Å²) in [5, 5.41) is 11.8. The van der Waals surface area contributed by atoms with E-state index in [0.29, 0.717) is 5.69 Å². The summed E-state index contributed by atoms with van der Waals surface area (Å²) in [7, 11) is 0. The lowest BCUT2D eigenvalue weighted by atomic mass is 10.3. The van der Waals surface area contributed by atoms with Gasteiger partial charge in [-0.25, -0.2) is 0 Å². The van der Waals surface area contributed by atoms with Gasteiger partial charge >= 0.3 is 0 Å². The molecule has 1 rings (SSSR count). The van der Waals surface area contributed by atoms with Crippen LogP contribution in [0.15, 0.2) is 24.3 Å². The second-order valence-corrected chi connectivity index (χ2v) is 2.02. The minimum absolute atomic E-state index is 0.0948. The molecule has 2 N–H and O–H groups in total. The number of hydrogen-bond donors (Lipinski definition) is 2. The van der Waals surface area contributed by atoms with Gasteiger partial charge in [0.25, 0.3) is 0 Å². The van der Waals surface area contributed by atoms with Crippen molar-refractivity contribution < 1.29 is 9.90 Å². The minimum atomic E-state index is 0.0948. The van der Waals surface area contributed by atoms with Gasteiger partial charge in [-0.05, 0) is 12.1 Å². The number of carbonyl (C=O) groups excluding carboxylic acids is 1. The zero-order chi connectivity index (χ0) is 8.10. The van der Waals surface area contributed by atoms with E-state index >= 15 is 0 Å². The van der Waals surface area contributed by atoms with Gasteiger partial charge in [0, 0.05) is 0 Å². The van der Waals surface area contributed by atoms with Gasteiger partial charge in [-0.2, -0.15) is 0 Å². The van der Waals surface area contributed by atoms with Crippen LogP contribution < -0.4 is 5.32 Å². The standard InChI is InChI=1S/C8H8NO2/c10-6-5-9-7-3-1-2-4-8(7)11/h1-4,9,11H,5H2. The van der Waals surface area contributed by atoms with Gasteiger partial charge in [-0.3, -0.25) is 4.79 Å². The van der Waals surface area contributed by atoms with Crippen LogP contribution in [0.1, 0.15) is 0 Å². The van der Waals surface area contributed by atoms with Gasteiger partial charge in [0.1, 0.15) is 5.75 Å². The quantitative estimate of drug-likeness (QED) is 0.630. The molecule has 57 valence electrons. The highest BCUT2D eigenvalue weighted by molar-refractivity contribution is 5.63. The zero-order valence-corrected chi connectivity index (χ0v) is 5.87. The van der Waals surface area contributed by atoms with E-state index in [1.165, 1.54) is 0 Å². The molecule has 11 heavy (non-hydrogen) atoms. The Balaban J connectivity index is 2.69. The maximum absolute atomic E-state index is 9.82. The molecule has 0 atom stereocenters. The molecule has 0 heterocycles. The molecule has 0 bridgehead atoms. The Bertz CT molecular complexity index is 248. The maximum atomic E-state index is 9.82. The molecule has 0 fully saturated rings. The number of phenolic OH excluding ortho intramolecular Hbond substituents is 1. The molecule has 0 aliphatic rings. The van der Waals surface area contributed by atoms with Crippen LogP contribution in [-0.2, 0) is 4.79 Å². The number of phenols is 1. The summed E-state index contributed by atoms with van der Waals surface area (Å²) in [5.74, 6) is 0.141. The SMILES string of the molecule is O=[C]CNc1ccccc1O. The first-order chi connectivity index (χ1) is 5.34. The van der Waals surface area contributed by atoms with Gasteiger partial charge < -0.3 is 10.4 Å². The molecular formula is C8H8NO2. The Morgan fingerprint density at radius 3 is 2.82 bits per heavy atom. The Morgan fingerprint density at radius 2 is 2.18 bits per heavy atom. The normalized spacial score (nSPS) is 9.09. The second-order valence-electron chi connectivity index (χ2n) is 2.02. The molecule has 0 amide bonds. The summed E-state index contributed by atoms with van der Waals surface area (Å²) in [4.78, 5) is 9.82. The van der Waals surface area contributed by atoms with Crippen molar-refractivity contribution in [1.29, 1.82) is 0 Å². The van der Waals surface area contributed by atoms with Crippen LogP contribution in [0.3, 0.4) is 0 Å². The van der Waals surface area contributed by atoms with Crippen LogP contribution in [0.4, 0.5) is 5.69 Å². The molecule has 3 heteroatoms. The highest BCUT2D eigenvalue weighted by Gasteiger charge is 1.95. The summed E-state index contributed by atoms with van der Waals surface area (Å²) < 4.78 is 0. The Labute approximate surface area is 64.7 Å². The summed E-state index contributed by atoms with van der Waals surface area (Å²) >= 11 is 0. The van der Waals surface area contributed by atoms with Gasteiger partial charge in [-0.1, -0.05) is 12.1 Å². The molecule has 3 nitrogen and oxygen atoms in total. The van der Waals surface area contributed by atoms with Crippen molar-refractivity contribution in [3.05, 3.63) is 24.3 Å². The summed E-state index contributed by atoms with van der Waals surface area (Å²) in [6, 6.07) is 6.72. The number of nitrogens with one attached hydrogen (secondary N) is 1. The predicted octanol–water partition coefficient (Wildman–Crippen LogP) is 0.914. The maximum Gasteiger partial charge on any atom is 0.219 e. The van der Waals surface area contributed by atoms with Crippen molar-refractivity contribution in [1.82, 2.24) is 0 Å². The third-order valence-corrected chi connectivity index (χ3v) is 1.26. The van der Waals surface area contributed by atoms with Crippen LogP contribution in [0.25, 0.3) is 0 Å². The topological polar surface area (TPSA) is 49.3 Å². The molecule has 1 aromatic carbocycles. The number of rotatable bonds is 3. The van der Waals surface area contributed by atoms with Crippen LogP contribution in [-0.4, -0.2) is 17.9 Å². The Morgan fingerprint density at radius 1 is 1.45 bits per heavy atom. The molecule has 1 aromatic rings. The fourth-order valence-electron chi connectivity index (χ4n) is 0.754. The Hall–Kier alpha value is -1.51. The molecule has 0 aliphatic heterocycles. The average molecular weight is 150 g/mol. The average Bonchev–Trinajstić information content (AvgIpc) is 2.03. The molecule has 0 aromatic heterocycles. The monoisotopic (exact) mass is 150 g/mol. The summed E-state index contributed by atoms with van der Waals surface area (Å²) in [6.45, 7) is 0.0948. The summed E-state index contributed by atoms with van der Waals surface area (Å²) in [6.07, 6.45) is 1.67. The van der Waals surface area contributed by atoms with Crippen molar-refractivity contribution in [3.8, 4) is 5.75 Å². The smallest absolute Gasteiger partial charge is 0.219 e. The van der Waals surface area contributed by atoms with Crippen LogP contribution in [0.5, 0.6) is 5.75 Å². The van der Waals surface area contributed by atoms with Crippen LogP contribution in [0, 0.1) is 0 Å². The fourth-order valence-corrected chi connectivity index (χ4v) is 0.754. The fraction of sp³-hybridized carbons (Fsp3) is 0.125. The van der Waals surface area contributed by atoms with Crippen molar-refractivity contribution in [2.24, 2.45) is 0 Å². The molecular weight excluding hydrogens is 142 g/mol. The highest BCUT2D eigenvalue weighted by Crippen LogP contribution is 2.20.